The maximum atomic E-state index is 8.98. The van der Waals surface area contributed by atoms with E-state index in [1.165, 1.54) is 11.1 Å². The first-order valence-corrected chi connectivity index (χ1v) is 7.28. The van der Waals surface area contributed by atoms with E-state index >= 15 is 0 Å². The van der Waals surface area contributed by atoms with E-state index in [1.54, 1.807) is 0 Å². The molecule has 0 radical (unpaired) electrons. The standard InChI is InChI=1S/C14H19BrO3/c1-2-11-10(5-3-6-16)9-12(15)14-13(11)17-7-4-8-18-14/h9,16H,2-8H2,1H3. The zero-order valence-electron chi connectivity index (χ0n) is 10.7. The van der Waals surface area contributed by atoms with Gasteiger partial charge in [-0.1, -0.05) is 6.92 Å². The number of hydrogen-bond donors (Lipinski definition) is 1. The predicted molar refractivity (Wildman–Crippen MR) is 74.5 cm³/mol. The maximum Gasteiger partial charge on any atom is 0.175 e. The first-order chi connectivity index (χ1) is 8.77. The number of rotatable bonds is 4. The van der Waals surface area contributed by atoms with Gasteiger partial charge in [-0.05, 0) is 46.8 Å². The van der Waals surface area contributed by atoms with Crippen molar-refractivity contribution >= 4 is 15.9 Å². The molecular weight excluding hydrogens is 296 g/mol. The van der Waals surface area contributed by atoms with Crippen LogP contribution in [0, 0.1) is 0 Å². The van der Waals surface area contributed by atoms with Crippen molar-refractivity contribution in [1.82, 2.24) is 0 Å². The first kappa shape index (κ1) is 13.7. The highest BCUT2D eigenvalue weighted by molar-refractivity contribution is 9.10. The Morgan fingerprint density at radius 1 is 1.28 bits per heavy atom. The molecule has 1 aliphatic heterocycles. The van der Waals surface area contributed by atoms with E-state index in [-0.39, 0.29) is 6.61 Å². The van der Waals surface area contributed by atoms with Gasteiger partial charge in [0.15, 0.2) is 11.5 Å². The van der Waals surface area contributed by atoms with Crippen LogP contribution in [0.4, 0.5) is 0 Å². The molecule has 1 heterocycles. The van der Waals surface area contributed by atoms with Crippen LogP contribution < -0.4 is 9.47 Å². The molecule has 1 aromatic rings. The first-order valence-electron chi connectivity index (χ1n) is 6.48. The number of aliphatic hydroxyl groups excluding tert-OH is 1. The smallest absolute Gasteiger partial charge is 0.175 e. The molecule has 0 bridgehead atoms. The van der Waals surface area contributed by atoms with E-state index < -0.39 is 0 Å². The average molecular weight is 315 g/mol. The van der Waals surface area contributed by atoms with Gasteiger partial charge in [0.2, 0.25) is 0 Å². The van der Waals surface area contributed by atoms with Crippen LogP contribution in [-0.2, 0) is 12.8 Å². The molecule has 0 atom stereocenters. The summed E-state index contributed by atoms with van der Waals surface area (Å²) in [6, 6.07) is 2.10. The van der Waals surface area contributed by atoms with E-state index in [4.69, 9.17) is 14.6 Å². The fraction of sp³-hybridized carbons (Fsp3) is 0.571. The normalized spacial score (nSPS) is 14.4. The quantitative estimate of drug-likeness (QED) is 0.928. The summed E-state index contributed by atoms with van der Waals surface area (Å²) in [5.74, 6) is 1.72. The Morgan fingerprint density at radius 3 is 2.67 bits per heavy atom. The molecular formula is C14H19BrO3. The zero-order valence-corrected chi connectivity index (χ0v) is 12.3. The lowest BCUT2D eigenvalue weighted by Crippen LogP contribution is -2.02. The SMILES string of the molecule is CCc1c(CCCO)cc(Br)c2c1OCCCO2. The monoisotopic (exact) mass is 314 g/mol. The number of aliphatic hydroxyl groups is 1. The van der Waals surface area contributed by atoms with Crippen LogP contribution >= 0.6 is 15.9 Å². The number of halogens is 1. The van der Waals surface area contributed by atoms with Crippen LogP contribution in [0.25, 0.3) is 0 Å². The van der Waals surface area contributed by atoms with E-state index in [9.17, 15) is 0 Å². The Bertz CT molecular complexity index is 418. The molecule has 0 unspecified atom stereocenters. The van der Waals surface area contributed by atoms with Gasteiger partial charge in [0.05, 0.1) is 17.7 Å². The highest BCUT2D eigenvalue weighted by atomic mass is 79.9. The van der Waals surface area contributed by atoms with Crippen LogP contribution in [0.1, 0.15) is 30.9 Å². The topological polar surface area (TPSA) is 38.7 Å². The number of benzene rings is 1. The molecule has 0 spiro atoms. The Kier molecular flexibility index (Phi) is 4.89. The van der Waals surface area contributed by atoms with Crippen molar-refractivity contribution in [1.29, 1.82) is 0 Å². The molecule has 1 aliphatic rings. The number of fused-ring (bicyclic) bond motifs is 1. The molecule has 2 rings (SSSR count). The maximum absolute atomic E-state index is 8.98. The summed E-state index contributed by atoms with van der Waals surface area (Å²) in [5.41, 5.74) is 2.45. The third kappa shape index (κ3) is 2.81. The molecule has 0 aromatic heterocycles. The van der Waals surface area contributed by atoms with Crippen LogP contribution in [0.3, 0.4) is 0 Å². The molecule has 4 heteroatoms. The van der Waals surface area contributed by atoms with Gasteiger partial charge in [-0.25, -0.2) is 0 Å². The summed E-state index contributed by atoms with van der Waals surface area (Å²) in [7, 11) is 0. The molecule has 18 heavy (non-hydrogen) atoms. The molecule has 100 valence electrons. The molecule has 1 N–H and O–H groups in total. The Morgan fingerprint density at radius 2 is 2.00 bits per heavy atom. The van der Waals surface area contributed by atoms with Gasteiger partial charge in [0.25, 0.3) is 0 Å². The summed E-state index contributed by atoms with van der Waals surface area (Å²) >= 11 is 3.56. The van der Waals surface area contributed by atoms with Gasteiger partial charge in [-0.3, -0.25) is 0 Å². The van der Waals surface area contributed by atoms with Gasteiger partial charge in [-0.2, -0.15) is 0 Å². The Hall–Kier alpha value is -0.740. The van der Waals surface area contributed by atoms with Crippen molar-refractivity contribution in [2.24, 2.45) is 0 Å². The predicted octanol–water partition coefficient (Wildman–Crippen LogP) is 3.10. The van der Waals surface area contributed by atoms with E-state index in [0.717, 1.165) is 41.7 Å². The Labute approximate surface area is 116 Å². The van der Waals surface area contributed by atoms with E-state index in [2.05, 4.69) is 28.9 Å². The van der Waals surface area contributed by atoms with Gasteiger partial charge >= 0.3 is 0 Å². The second-order valence-corrected chi connectivity index (χ2v) is 5.24. The molecule has 1 aromatic carbocycles. The third-order valence-electron chi connectivity index (χ3n) is 3.13. The van der Waals surface area contributed by atoms with Gasteiger partial charge in [-0.15, -0.1) is 0 Å². The van der Waals surface area contributed by atoms with Crippen LogP contribution in [0.5, 0.6) is 11.5 Å². The lowest BCUT2D eigenvalue weighted by molar-refractivity contribution is 0.288. The van der Waals surface area contributed by atoms with Gasteiger partial charge in [0, 0.05) is 18.6 Å². The van der Waals surface area contributed by atoms with E-state index in [1.807, 2.05) is 0 Å². The number of aryl methyl sites for hydroxylation is 1. The van der Waals surface area contributed by atoms with Crippen LogP contribution in [-0.4, -0.2) is 24.9 Å². The molecule has 0 saturated carbocycles. The fourth-order valence-corrected chi connectivity index (χ4v) is 2.84. The third-order valence-corrected chi connectivity index (χ3v) is 3.71. The minimum atomic E-state index is 0.217. The second kappa shape index (κ2) is 6.43. The lowest BCUT2D eigenvalue weighted by Gasteiger charge is -2.17. The van der Waals surface area contributed by atoms with Gasteiger partial charge < -0.3 is 14.6 Å². The summed E-state index contributed by atoms with van der Waals surface area (Å²) < 4.78 is 12.6. The van der Waals surface area contributed by atoms with Crippen molar-refractivity contribution in [2.45, 2.75) is 32.6 Å². The van der Waals surface area contributed by atoms with Crippen molar-refractivity contribution < 1.29 is 14.6 Å². The zero-order chi connectivity index (χ0) is 13.0. The number of hydrogen-bond acceptors (Lipinski definition) is 3. The van der Waals surface area contributed by atoms with Crippen LogP contribution in [0.15, 0.2) is 10.5 Å². The molecule has 3 nitrogen and oxygen atoms in total. The molecule has 0 saturated heterocycles. The van der Waals surface area contributed by atoms with Crippen molar-refractivity contribution in [3.05, 3.63) is 21.7 Å². The van der Waals surface area contributed by atoms with Crippen LogP contribution in [0.2, 0.25) is 0 Å². The molecule has 0 amide bonds. The highest BCUT2D eigenvalue weighted by Gasteiger charge is 2.20. The summed E-state index contributed by atoms with van der Waals surface area (Å²) in [5, 5.41) is 8.98. The molecule has 0 fully saturated rings. The summed E-state index contributed by atoms with van der Waals surface area (Å²) in [6.45, 7) is 3.75. The van der Waals surface area contributed by atoms with E-state index in [0.29, 0.717) is 13.2 Å². The summed E-state index contributed by atoms with van der Waals surface area (Å²) in [4.78, 5) is 0. The van der Waals surface area contributed by atoms with Crippen molar-refractivity contribution in [2.75, 3.05) is 19.8 Å². The minimum absolute atomic E-state index is 0.217. The summed E-state index contributed by atoms with van der Waals surface area (Å²) in [6.07, 6.45) is 3.48. The number of ether oxygens (including phenoxy) is 2. The lowest BCUT2D eigenvalue weighted by atomic mass is 9.99. The van der Waals surface area contributed by atoms with Crippen molar-refractivity contribution in [3.63, 3.8) is 0 Å². The second-order valence-electron chi connectivity index (χ2n) is 4.39. The minimum Gasteiger partial charge on any atom is -0.489 e. The van der Waals surface area contributed by atoms with Crippen molar-refractivity contribution in [3.8, 4) is 11.5 Å². The average Bonchev–Trinajstić information content (AvgIpc) is 2.62. The fourth-order valence-electron chi connectivity index (χ4n) is 2.27. The van der Waals surface area contributed by atoms with Gasteiger partial charge in [0.1, 0.15) is 0 Å². The largest absolute Gasteiger partial charge is 0.489 e. The Balaban J connectivity index is 2.43. The highest BCUT2D eigenvalue weighted by Crippen LogP contribution is 2.42. The molecule has 0 aliphatic carbocycles.